The lowest BCUT2D eigenvalue weighted by Gasteiger charge is -2.08. The van der Waals surface area contributed by atoms with E-state index in [9.17, 15) is 4.79 Å². The van der Waals surface area contributed by atoms with Crippen LogP contribution >= 0.6 is 34.7 Å². The van der Waals surface area contributed by atoms with Gasteiger partial charge in [0.25, 0.3) is 0 Å². The van der Waals surface area contributed by atoms with Gasteiger partial charge in [0.2, 0.25) is 0 Å². The maximum absolute atomic E-state index is 11.7. The summed E-state index contributed by atoms with van der Waals surface area (Å²) in [5, 5.41) is 1.75. The van der Waals surface area contributed by atoms with Gasteiger partial charge in [0.1, 0.15) is 14.9 Å². The summed E-state index contributed by atoms with van der Waals surface area (Å²) in [5.74, 6) is 0.511. The minimum Gasteiger partial charge on any atom is -0.465 e. The van der Waals surface area contributed by atoms with Crippen LogP contribution in [-0.4, -0.2) is 54.3 Å². The summed E-state index contributed by atoms with van der Waals surface area (Å²) in [6.07, 6.45) is 0. The summed E-state index contributed by atoms with van der Waals surface area (Å²) in [5.41, 5.74) is 0.775. The van der Waals surface area contributed by atoms with Crippen LogP contribution in [0.1, 0.15) is 15.2 Å². The number of thiophene rings is 1. The lowest BCUT2D eigenvalue weighted by molar-refractivity contribution is 0.0605. The monoisotopic (exact) mass is 345 g/mol. The number of halogens is 1. The van der Waals surface area contributed by atoms with Crippen LogP contribution in [-0.2, 0) is 4.74 Å². The third-order valence-corrected chi connectivity index (χ3v) is 5.13. The van der Waals surface area contributed by atoms with E-state index >= 15 is 0 Å². The molecule has 0 fully saturated rings. The summed E-state index contributed by atoms with van der Waals surface area (Å²) in [7, 11) is 5.40. The number of hydrogen-bond acceptors (Lipinski definition) is 7. The van der Waals surface area contributed by atoms with E-state index in [0.29, 0.717) is 15.2 Å². The number of nitrogens with zero attached hydrogens (tertiary/aromatic N) is 3. The number of ether oxygens (including phenoxy) is 1. The van der Waals surface area contributed by atoms with E-state index in [1.54, 1.807) is 11.8 Å². The maximum Gasteiger partial charge on any atom is 0.348 e. The van der Waals surface area contributed by atoms with Crippen molar-refractivity contribution in [3.63, 3.8) is 0 Å². The molecule has 0 aliphatic rings. The van der Waals surface area contributed by atoms with Crippen molar-refractivity contribution in [1.29, 1.82) is 0 Å². The number of carbonyl (C=O) groups is 1. The lowest BCUT2D eigenvalue weighted by Crippen LogP contribution is -2.14. The summed E-state index contributed by atoms with van der Waals surface area (Å²) in [4.78, 5) is 23.9. The molecule has 0 radical (unpaired) electrons. The minimum absolute atomic E-state index is 0.367. The van der Waals surface area contributed by atoms with Gasteiger partial charge in [-0.15, -0.1) is 11.3 Å². The predicted octanol–water partition coefficient (Wildman–Crippen LogP) is 3.09. The average Bonchev–Trinajstić information content (AvgIpc) is 2.75. The molecular formula is C13H16ClN3O2S2. The Bertz CT molecular complexity index is 673. The van der Waals surface area contributed by atoms with E-state index in [1.807, 2.05) is 21.0 Å². The van der Waals surface area contributed by atoms with Crippen LogP contribution in [0.5, 0.6) is 0 Å². The van der Waals surface area contributed by atoms with E-state index in [2.05, 4.69) is 14.9 Å². The molecular weight excluding hydrogens is 330 g/mol. The third-order valence-electron chi connectivity index (χ3n) is 2.87. The highest BCUT2D eigenvalue weighted by atomic mass is 35.5. The second-order valence-corrected chi connectivity index (χ2v) is 7.10. The zero-order chi connectivity index (χ0) is 15.6. The van der Waals surface area contributed by atoms with Crippen molar-refractivity contribution in [2.75, 3.05) is 33.5 Å². The van der Waals surface area contributed by atoms with E-state index in [0.717, 1.165) is 28.1 Å². The molecule has 2 aromatic rings. The Morgan fingerprint density at radius 1 is 1.43 bits per heavy atom. The van der Waals surface area contributed by atoms with Crippen LogP contribution in [0.25, 0.3) is 10.2 Å². The highest BCUT2D eigenvalue weighted by Crippen LogP contribution is 2.35. The second-order valence-electron chi connectivity index (χ2n) is 4.68. The number of aromatic nitrogens is 2. The van der Waals surface area contributed by atoms with Gasteiger partial charge in [-0.05, 0) is 26.6 Å². The molecule has 0 spiro atoms. The lowest BCUT2D eigenvalue weighted by atomic mass is 10.2. The first-order valence-corrected chi connectivity index (χ1v) is 8.44. The Balaban J connectivity index is 2.35. The number of methoxy groups -OCH3 is 1. The van der Waals surface area contributed by atoms with E-state index in [-0.39, 0.29) is 5.97 Å². The van der Waals surface area contributed by atoms with Gasteiger partial charge in [-0.25, -0.2) is 14.8 Å². The van der Waals surface area contributed by atoms with E-state index in [4.69, 9.17) is 16.3 Å². The molecule has 0 N–H and O–H groups in total. The first kappa shape index (κ1) is 16.5. The summed E-state index contributed by atoms with van der Waals surface area (Å²) in [6.45, 7) is 2.76. The van der Waals surface area contributed by atoms with Crippen molar-refractivity contribution < 1.29 is 9.53 Å². The Morgan fingerprint density at radius 3 is 2.76 bits per heavy atom. The highest BCUT2D eigenvalue weighted by Gasteiger charge is 2.20. The molecule has 0 amide bonds. The molecule has 0 atom stereocenters. The van der Waals surface area contributed by atoms with Crippen LogP contribution in [0.3, 0.4) is 0 Å². The number of thioether (sulfide) groups is 1. The predicted molar refractivity (Wildman–Crippen MR) is 87.8 cm³/mol. The zero-order valence-corrected chi connectivity index (χ0v) is 14.7. The SMILES string of the molecule is COC(=O)c1sc2nc(SCCN(C)C)nc(Cl)c2c1C. The largest absolute Gasteiger partial charge is 0.465 e. The van der Waals surface area contributed by atoms with Gasteiger partial charge in [-0.2, -0.15) is 0 Å². The van der Waals surface area contributed by atoms with Crippen molar-refractivity contribution in [3.8, 4) is 0 Å². The van der Waals surface area contributed by atoms with Crippen molar-refractivity contribution >= 4 is 50.9 Å². The van der Waals surface area contributed by atoms with Crippen LogP contribution in [0.4, 0.5) is 0 Å². The molecule has 0 bridgehead atoms. The first-order valence-electron chi connectivity index (χ1n) is 6.26. The fourth-order valence-corrected chi connectivity index (χ4v) is 4.27. The Morgan fingerprint density at radius 2 is 2.14 bits per heavy atom. The molecule has 114 valence electrons. The van der Waals surface area contributed by atoms with E-state index < -0.39 is 0 Å². The molecule has 0 aliphatic carbocycles. The van der Waals surface area contributed by atoms with Gasteiger partial charge in [0, 0.05) is 12.3 Å². The van der Waals surface area contributed by atoms with Crippen molar-refractivity contribution in [3.05, 3.63) is 15.6 Å². The Kier molecular flexibility index (Phi) is 5.43. The van der Waals surface area contributed by atoms with Crippen LogP contribution in [0, 0.1) is 6.92 Å². The number of hydrogen-bond donors (Lipinski definition) is 0. The molecule has 2 rings (SSSR count). The first-order chi connectivity index (χ1) is 9.93. The molecule has 0 saturated carbocycles. The topological polar surface area (TPSA) is 55.3 Å². The fourth-order valence-electron chi connectivity index (χ4n) is 1.74. The Labute approximate surface area is 136 Å². The number of carbonyl (C=O) groups excluding carboxylic acids is 1. The normalized spacial score (nSPS) is 11.3. The number of esters is 1. The standard InChI is InChI=1S/C13H16ClN3O2S2/c1-7-8-10(14)15-13(20-6-5-17(2)3)16-11(8)21-9(7)12(18)19-4/h5-6H2,1-4H3. The molecule has 2 aromatic heterocycles. The second kappa shape index (κ2) is 6.91. The molecule has 8 heteroatoms. The fraction of sp³-hybridized carbons (Fsp3) is 0.462. The van der Waals surface area contributed by atoms with Crippen molar-refractivity contribution in [2.24, 2.45) is 0 Å². The molecule has 0 saturated heterocycles. The van der Waals surface area contributed by atoms with Crippen molar-refractivity contribution in [2.45, 2.75) is 12.1 Å². The molecule has 0 aromatic carbocycles. The van der Waals surface area contributed by atoms with Gasteiger partial charge in [0.15, 0.2) is 5.16 Å². The molecule has 0 unspecified atom stereocenters. The molecule has 2 heterocycles. The Hall–Kier alpha value is -0.890. The number of rotatable bonds is 5. The molecule has 21 heavy (non-hydrogen) atoms. The number of fused-ring (bicyclic) bond motifs is 1. The van der Waals surface area contributed by atoms with Gasteiger partial charge in [0.05, 0.1) is 12.5 Å². The van der Waals surface area contributed by atoms with Crippen LogP contribution < -0.4 is 0 Å². The maximum atomic E-state index is 11.7. The van der Waals surface area contributed by atoms with Gasteiger partial charge in [-0.1, -0.05) is 23.4 Å². The van der Waals surface area contributed by atoms with Crippen LogP contribution in [0.15, 0.2) is 5.16 Å². The molecule has 0 aliphatic heterocycles. The molecule has 5 nitrogen and oxygen atoms in total. The summed E-state index contributed by atoms with van der Waals surface area (Å²) in [6, 6.07) is 0. The smallest absolute Gasteiger partial charge is 0.348 e. The summed E-state index contributed by atoms with van der Waals surface area (Å²) < 4.78 is 4.78. The van der Waals surface area contributed by atoms with Gasteiger partial charge >= 0.3 is 5.97 Å². The zero-order valence-electron chi connectivity index (χ0n) is 12.3. The quantitative estimate of drug-likeness (QED) is 0.359. The van der Waals surface area contributed by atoms with Crippen LogP contribution in [0.2, 0.25) is 5.15 Å². The minimum atomic E-state index is -0.367. The highest BCUT2D eigenvalue weighted by molar-refractivity contribution is 7.99. The van der Waals surface area contributed by atoms with E-state index in [1.165, 1.54) is 18.4 Å². The number of aryl methyl sites for hydroxylation is 1. The van der Waals surface area contributed by atoms with Gasteiger partial charge < -0.3 is 9.64 Å². The average molecular weight is 346 g/mol. The third kappa shape index (κ3) is 3.66. The summed E-state index contributed by atoms with van der Waals surface area (Å²) >= 11 is 9.09. The van der Waals surface area contributed by atoms with Crippen molar-refractivity contribution in [1.82, 2.24) is 14.9 Å². The van der Waals surface area contributed by atoms with Gasteiger partial charge in [-0.3, -0.25) is 0 Å².